The molecule has 0 aliphatic heterocycles. The number of anilines is 1. The van der Waals surface area contributed by atoms with Gasteiger partial charge in [-0.1, -0.05) is 65.2 Å². The van der Waals surface area contributed by atoms with Crippen molar-refractivity contribution in [3.63, 3.8) is 0 Å². The van der Waals surface area contributed by atoms with E-state index in [-0.39, 0.29) is 16.9 Å². The molecule has 0 aliphatic rings. The fourth-order valence-corrected chi connectivity index (χ4v) is 5.05. The van der Waals surface area contributed by atoms with Crippen molar-refractivity contribution in [3.8, 4) is 0 Å². The number of carbonyl (C=O) groups is 2. The number of nitrogens with one attached hydrogen (secondary N) is 1. The van der Waals surface area contributed by atoms with Crippen molar-refractivity contribution in [1.29, 1.82) is 0 Å². The molecule has 0 radical (unpaired) electrons. The molecule has 134 valence electrons. The molecule has 0 bridgehead atoms. The van der Waals surface area contributed by atoms with Crippen LogP contribution in [0.25, 0.3) is 10.8 Å². The Hall–Kier alpha value is -2.10. The Kier molecular flexibility index (Phi) is 6.12. The first-order valence-electron chi connectivity index (χ1n) is 7.72. The molecule has 3 aromatic rings. The fourth-order valence-electron chi connectivity index (χ4n) is 2.15. The zero-order valence-electron chi connectivity index (χ0n) is 13.8. The Bertz CT molecular complexity index is 944. The van der Waals surface area contributed by atoms with Gasteiger partial charge < -0.3 is 11.1 Å². The minimum atomic E-state index is -0.400. The third kappa shape index (κ3) is 4.96. The van der Waals surface area contributed by atoms with Crippen molar-refractivity contribution < 1.29 is 9.59 Å². The molecule has 3 N–H and O–H groups in total. The molecule has 9 heteroatoms. The Morgan fingerprint density at radius 2 is 1.88 bits per heavy atom. The number of hydrogen-bond donors (Lipinski definition) is 2. The van der Waals surface area contributed by atoms with Crippen LogP contribution in [0.4, 0.5) is 5.69 Å². The molecule has 0 saturated carbocycles. The molecule has 0 aliphatic carbocycles. The zero-order chi connectivity index (χ0) is 18.5. The van der Waals surface area contributed by atoms with E-state index in [1.165, 1.54) is 34.9 Å². The molecule has 2 aromatic carbocycles. The van der Waals surface area contributed by atoms with Gasteiger partial charge in [0.2, 0.25) is 11.8 Å². The number of carbonyl (C=O) groups excluding carboxylic acids is 2. The molecule has 26 heavy (non-hydrogen) atoms. The van der Waals surface area contributed by atoms with Crippen LogP contribution in [0.3, 0.4) is 0 Å². The lowest BCUT2D eigenvalue weighted by atomic mass is 10.1. The van der Waals surface area contributed by atoms with Gasteiger partial charge in [-0.05, 0) is 29.8 Å². The maximum Gasteiger partial charge on any atom is 0.237 e. The van der Waals surface area contributed by atoms with Crippen LogP contribution in [0.1, 0.15) is 6.92 Å². The summed E-state index contributed by atoms with van der Waals surface area (Å²) in [6.07, 6.45) is 0. The average Bonchev–Trinajstić information content (AvgIpc) is 3.07. The number of nitrogens with two attached hydrogens (primary N) is 1. The molecule has 0 unspecified atom stereocenters. The van der Waals surface area contributed by atoms with Gasteiger partial charge in [0.05, 0.1) is 11.0 Å². The number of rotatable bonds is 7. The number of thioether (sulfide) groups is 2. The predicted molar refractivity (Wildman–Crippen MR) is 108 cm³/mol. The third-order valence-electron chi connectivity index (χ3n) is 3.39. The highest BCUT2D eigenvalue weighted by molar-refractivity contribution is 8.04. The second kappa shape index (κ2) is 8.52. The quantitative estimate of drug-likeness (QED) is 0.586. The van der Waals surface area contributed by atoms with E-state index in [4.69, 9.17) is 5.73 Å². The first-order chi connectivity index (χ1) is 12.5. The smallest absolute Gasteiger partial charge is 0.237 e. The summed E-state index contributed by atoms with van der Waals surface area (Å²) in [5, 5.41) is 12.8. The van der Waals surface area contributed by atoms with Crippen molar-refractivity contribution in [3.05, 3.63) is 42.5 Å². The van der Waals surface area contributed by atoms with E-state index in [2.05, 4.69) is 15.5 Å². The molecule has 3 rings (SSSR count). The van der Waals surface area contributed by atoms with Crippen LogP contribution < -0.4 is 11.1 Å². The van der Waals surface area contributed by atoms with Gasteiger partial charge in [-0.2, -0.15) is 0 Å². The zero-order valence-corrected chi connectivity index (χ0v) is 16.3. The van der Waals surface area contributed by atoms with E-state index in [9.17, 15) is 9.59 Å². The summed E-state index contributed by atoms with van der Waals surface area (Å²) >= 11 is 3.92. The minimum absolute atomic E-state index is 0.105. The van der Waals surface area contributed by atoms with E-state index in [0.29, 0.717) is 8.68 Å². The molecule has 0 spiro atoms. The van der Waals surface area contributed by atoms with Gasteiger partial charge >= 0.3 is 0 Å². The summed E-state index contributed by atoms with van der Waals surface area (Å²) in [7, 11) is 0. The summed E-state index contributed by atoms with van der Waals surface area (Å²) in [5.74, 6) is -0.341. The van der Waals surface area contributed by atoms with Crippen LogP contribution in [-0.2, 0) is 9.59 Å². The molecular formula is C17H16N4O2S3. The second-order valence-corrected chi connectivity index (χ2v) is 9.19. The summed E-state index contributed by atoms with van der Waals surface area (Å²) < 4.78 is 1.34. The summed E-state index contributed by atoms with van der Waals surface area (Å²) in [4.78, 5) is 23.2. The third-order valence-corrected chi connectivity index (χ3v) is 6.65. The average molecular weight is 405 g/mol. The van der Waals surface area contributed by atoms with E-state index in [1.807, 2.05) is 49.4 Å². The van der Waals surface area contributed by atoms with Crippen LogP contribution >= 0.6 is 34.9 Å². The largest absolute Gasteiger partial charge is 0.369 e. The Labute approximate surface area is 163 Å². The van der Waals surface area contributed by atoms with Crippen molar-refractivity contribution in [2.75, 3.05) is 11.1 Å². The Balaban J connectivity index is 1.59. The molecule has 0 fully saturated rings. The van der Waals surface area contributed by atoms with Crippen LogP contribution in [0.5, 0.6) is 0 Å². The summed E-state index contributed by atoms with van der Waals surface area (Å²) in [5.41, 5.74) is 5.87. The van der Waals surface area contributed by atoms with Gasteiger partial charge in [0, 0.05) is 5.69 Å². The predicted octanol–water partition coefficient (Wildman–Crippen LogP) is 3.39. The highest BCUT2D eigenvalue weighted by Gasteiger charge is 2.18. The van der Waals surface area contributed by atoms with Crippen molar-refractivity contribution in [2.45, 2.75) is 20.9 Å². The molecular weight excluding hydrogens is 388 g/mol. The maximum absolute atomic E-state index is 12.4. The second-order valence-electron chi connectivity index (χ2n) is 5.40. The Morgan fingerprint density at radius 1 is 1.15 bits per heavy atom. The minimum Gasteiger partial charge on any atom is -0.369 e. The highest BCUT2D eigenvalue weighted by Crippen LogP contribution is 2.31. The summed E-state index contributed by atoms with van der Waals surface area (Å²) in [6.45, 7) is 1.82. The van der Waals surface area contributed by atoms with Gasteiger partial charge in [0.15, 0.2) is 8.68 Å². The van der Waals surface area contributed by atoms with Gasteiger partial charge in [-0.25, -0.2) is 0 Å². The topological polar surface area (TPSA) is 98.0 Å². The normalized spacial score (nSPS) is 12.0. The molecule has 1 atom stereocenters. The number of primary amides is 1. The van der Waals surface area contributed by atoms with Crippen LogP contribution in [0.15, 0.2) is 51.1 Å². The van der Waals surface area contributed by atoms with Gasteiger partial charge in [-0.3, -0.25) is 9.59 Å². The van der Waals surface area contributed by atoms with Crippen LogP contribution in [-0.4, -0.2) is 33.0 Å². The number of aromatic nitrogens is 2. The molecule has 6 nitrogen and oxygen atoms in total. The number of fused-ring (bicyclic) bond motifs is 1. The van der Waals surface area contributed by atoms with Gasteiger partial charge in [0.1, 0.15) is 0 Å². The molecule has 0 saturated heterocycles. The lowest BCUT2D eigenvalue weighted by Gasteiger charge is -2.11. The standard InChI is InChI=1S/C17H16N4O2S3/c1-10(25-17-21-20-16(26-17)24-9-14(18)22)15(23)19-13-7-6-11-4-2-3-5-12(11)8-13/h2-8,10H,9H2,1H3,(H2,18,22)(H,19,23)/t10-/m1/s1. The highest BCUT2D eigenvalue weighted by atomic mass is 32.2. The van der Waals surface area contributed by atoms with Crippen molar-refractivity contribution in [2.24, 2.45) is 5.73 Å². The van der Waals surface area contributed by atoms with Crippen LogP contribution in [0.2, 0.25) is 0 Å². The number of amides is 2. The molecule has 2 amide bonds. The first kappa shape index (κ1) is 18.7. The first-order valence-corrected chi connectivity index (χ1v) is 10.4. The number of hydrogen-bond acceptors (Lipinski definition) is 7. The van der Waals surface area contributed by atoms with E-state index >= 15 is 0 Å². The number of benzene rings is 2. The number of nitrogens with zero attached hydrogens (tertiary/aromatic N) is 2. The van der Waals surface area contributed by atoms with Gasteiger partial charge in [0.25, 0.3) is 0 Å². The van der Waals surface area contributed by atoms with Gasteiger partial charge in [-0.15, -0.1) is 10.2 Å². The van der Waals surface area contributed by atoms with E-state index in [0.717, 1.165) is 16.5 Å². The Morgan fingerprint density at radius 3 is 2.65 bits per heavy atom. The van der Waals surface area contributed by atoms with E-state index in [1.54, 1.807) is 0 Å². The fraction of sp³-hybridized carbons (Fsp3) is 0.176. The van der Waals surface area contributed by atoms with Crippen LogP contribution in [0, 0.1) is 0 Å². The van der Waals surface area contributed by atoms with E-state index < -0.39 is 5.91 Å². The lowest BCUT2D eigenvalue weighted by molar-refractivity contribution is -0.116. The van der Waals surface area contributed by atoms with Crippen molar-refractivity contribution >= 4 is 63.1 Å². The molecule has 1 heterocycles. The maximum atomic E-state index is 12.4. The monoisotopic (exact) mass is 404 g/mol. The SMILES string of the molecule is C[C@@H](Sc1nnc(SCC(N)=O)s1)C(=O)Nc1ccc2ccccc2c1. The van der Waals surface area contributed by atoms with Crippen molar-refractivity contribution in [1.82, 2.24) is 10.2 Å². The molecule has 1 aromatic heterocycles. The summed E-state index contributed by atoms with van der Waals surface area (Å²) in [6, 6.07) is 13.8. The lowest BCUT2D eigenvalue weighted by Crippen LogP contribution is -2.22.